The molecule has 1 aliphatic carbocycles. The van der Waals surface area contributed by atoms with Gasteiger partial charge in [0, 0.05) is 11.6 Å². The Labute approximate surface area is 104 Å². The lowest BCUT2D eigenvalue weighted by Crippen LogP contribution is -2.20. The zero-order valence-electron chi connectivity index (χ0n) is 9.87. The highest BCUT2D eigenvalue weighted by atomic mass is 19.4. The van der Waals surface area contributed by atoms with Crippen molar-refractivity contribution >= 4 is 0 Å². The van der Waals surface area contributed by atoms with Gasteiger partial charge in [0.2, 0.25) is 0 Å². The van der Waals surface area contributed by atoms with Crippen LogP contribution in [-0.2, 0) is 6.18 Å². The number of halogens is 3. The average molecular weight is 259 g/mol. The minimum absolute atomic E-state index is 0.151. The molecule has 5 heteroatoms. The van der Waals surface area contributed by atoms with E-state index in [1.54, 1.807) is 0 Å². The molecule has 2 rings (SSSR count). The second kappa shape index (κ2) is 4.80. The Bertz CT molecular complexity index is 425. The van der Waals surface area contributed by atoms with Crippen molar-refractivity contribution < 1.29 is 18.3 Å². The molecule has 0 aliphatic heterocycles. The Morgan fingerprint density at radius 3 is 2.39 bits per heavy atom. The zero-order valence-corrected chi connectivity index (χ0v) is 9.87. The van der Waals surface area contributed by atoms with Gasteiger partial charge in [0.05, 0.1) is 5.56 Å². The molecule has 1 aliphatic rings. The number of hydrogen-bond donors (Lipinski definition) is 2. The molecular weight excluding hydrogens is 243 g/mol. The highest BCUT2D eigenvalue weighted by Crippen LogP contribution is 2.39. The van der Waals surface area contributed by atoms with Gasteiger partial charge in [-0.25, -0.2) is 0 Å². The predicted octanol–water partition coefficient (Wildman–Crippen LogP) is 3.60. The van der Waals surface area contributed by atoms with E-state index in [2.05, 4.69) is 0 Å². The smallest absolute Gasteiger partial charge is 0.416 e. The number of alkyl halides is 3. The van der Waals surface area contributed by atoms with Crippen LogP contribution in [0.1, 0.15) is 42.9 Å². The van der Waals surface area contributed by atoms with Crippen LogP contribution in [-0.4, -0.2) is 5.11 Å². The fraction of sp³-hybridized carbons (Fsp3) is 0.538. The fourth-order valence-electron chi connectivity index (χ4n) is 2.57. The highest BCUT2D eigenvalue weighted by Gasteiger charge is 2.33. The molecule has 18 heavy (non-hydrogen) atoms. The molecule has 0 spiro atoms. The Morgan fingerprint density at radius 1 is 1.22 bits per heavy atom. The van der Waals surface area contributed by atoms with Gasteiger partial charge in [-0.05, 0) is 37.0 Å². The maximum absolute atomic E-state index is 12.6. The SMILES string of the molecule is N[C@H](c1cc(C(F)(F)F)ccc1O)C1CCCC1. The van der Waals surface area contributed by atoms with Gasteiger partial charge in [-0.3, -0.25) is 0 Å². The summed E-state index contributed by atoms with van der Waals surface area (Å²) in [4.78, 5) is 0. The highest BCUT2D eigenvalue weighted by molar-refractivity contribution is 5.39. The Balaban J connectivity index is 2.31. The summed E-state index contributed by atoms with van der Waals surface area (Å²) in [6, 6.07) is 2.40. The molecule has 0 saturated heterocycles. The van der Waals surface area contributed by atoms with Crippen LogP contribution in [0.3, 0.4) is 0 Å². The average Bonchev–Trinajstić information content (AvgIpc) is 2.80. The summed E-state index contributed by atoms with van der Waals surface area (Å²) in [6.45, 7) is 0. The standard InChI is InChI=1S/C13H16F3NO/c14-13(15,16)9-5-6-11(18)10(7-9)12(17)8-3-1-2-4-8/h5-8,12,18H,1-4,17H2/t12-/m0/s1. The molecule has 1 aromatic rings. The first-order chi connectivity index (χ1) is 8.39. The van der Waals surface area contributed by atoms with Crippen LogP contribution in [0.15, 0.2) is 18.2 Å². The van der Waals surface area contributed by atoms with E-state index < -0.39 is 17.8 Å². The van der Waals surface area contributed by atoms with Crippen molar-refractivity contribution in [3.8, 4) is 5.75 Å². The first kappa shape index (κ1) is 13.2. The van der Waals surface area contributed by atoms with E-state index in [4.69, 9.17) is 5.73 Å². The van der Waals surface area contributed by atoms with Crippen LogP contribution in [0.5, 0.6) is 5.75 Å². The number of nitrogens with two attached hydrogens (primary N) is 1. The third-order valence-electron chi connectivity index (χ3n) is 3.62. The topological polar surface area (TPSA) is 46.2 Å². The van der Waals surface area contributed by atoms with E-state index in [0.29, 0.717) is 0 Å². The number of aromatic hydroxyl groups is 1. The van der Waals surface area contributed by atoms with Gasteiger partial charge >= 0.3 is 6.18 Å². The third kappa shape index (κ3) is 2.61. The second-order valence-electron chi connectivity index (χ2n) is 4.84. The number of phenolic OH excluding ortho intramolecular Hbond substituents is 1. The molecular formula is C13H16F3NO. The molecule has 0 bridgehead atoms. The summed E-state index contributed by atoms with van der Waals surface area (Å²) in [5, 5.41) is 9.68. The molecule has 3 N–H and O–H groups in total. The quantitative estimate of drug-likeness (QED) is 0.852. The molecule has 0 amide bonds. The van der Waals surface area contributed by atoms with Gasteiger partial charge in [0.25, 0.3) is 0 Å². The number of rotatable bonds is 2. The van der Waals surface area contributed by atoms with Crippen molar-refractivity contribution in [2.75, 3.05) is 0 Å². The Hall–Kier alpha value is -1.23. The predicted molar refractivity (Wildman–Crippen MR) is 62.0 cm³/mol. The lowest BCUT2D eigenvalue weighted by molar-refractivity contribution is -0.137. The molecule has 0 radical (unpaired) electrons. The molecule has 1 atom stereocenters. The van der Waals surface area contributed by atoms with Crippen LogP contribution in [0.4, 0.5) is 13.2 Å². The minimum Gasteiger partial charge on any atom is -0.508 e. The van der Waals surface area contributed by atoms with Crippen LogP contribution in [0, 0.1) is 5.92 Å². The first-order valence-electron chi connectivity index (χ1n) is 6.05. The minimum atomic E-state index is -4.40. The number of phenols is 1. The van der Waals surface area contributed by atoms with E-state index in [1.807, 2.05) is 0 Å². The largest absolute Gasteiger partial charge is 0.508 e. The lowest BCUT2D eigenvalue weighted by Gasteiger charge is -2.21. The monoisotopic (exact) mass is 259 g/mol. The van der Waals surface area contributed by atoms with Crippen molar-refractivity contribution in [1.82, 2.24) is 0 Å². The van der Waals surface area contributed by atoms with E-state index in [-0.39, 0.29) is 17.2 Å². The van der Waals surface area contributed by atoms with Crippen molar-refractivity contribution in [2.24, 2.45) is 11.7 Å². The number of hydrogen-bond acceptors (Lipinski definition) is 2. The molecule has 1 fully saturated rings. The maximum atomic E-state index is 12.6. The summed E-state index contributed by atoms with van der Waals surface area (Å²) in [5.41, 5.74) is 5.43. The van der Waals surface area contributed by atoms with Gasteiger partial charge in [0.1, 0.15) is 5.75 Å². The lowest BCUT2D eigenvalue weighted by atomic mass is 9.91. The first-order valence-corrected chi connectivity index (χ1v) is 6.05. The Morgan fingerprint density at radius 2 is 1.83 bits per heavy atom. The molecule has 0 aromatic heterocycles. The normalized spacial score (nSPS) is 19.1. The summed E-state index contributed by atoms with van der Waals surface area (Å²) in [6.07, 6.45) is -0.471. The van der Waals surface area contributed by atoms with Crippen molar-refractivity contribution in [3.05, 3.63) is 29.3 Å². The molecule has 1 aromatic carbocycles. The number of benzene rings is 1. The summed E-state index contributed by atoms with van der Waals surface area (Å²) in [7, 11) is 0. The molecule has 1 saturated carbocycles. The molecule has 0 heterocycles. The molecule has 100 valence electrons. The van der Waals surface area contributed by atoms with Gasteiger partial charge in [-0.15, -0.1) is 0 Å². The van der Waals surface area contributed by atoms with Gasteiger partial charge in [-0.2, -0.15) is 13.2 Å². The van der Waals surface area contributed by atoms with E-state index in [1.165, 1.54) is 0 Å². The zero-order chi connectivity index (χ0) is 13.3. The molecule has 2 nitrogen and oxygen atoms in total. The van der Waals surface area contributed by atoms with Gasteiger partial charge < -0.3 is 10.8 Å². The van der Waals surface area contributed by atoms with Crippen LogP contribution in [0.2, 0.25) is 0 Å². The second-order valence-corrected chi connectivity index (χ2v) is 4.84. The van der Waals surface area contributed by atoms with Crippen molar-refractivity contribution in [3.63, 3.8) is 0 Å². The Kier molecular flexibility index (Phi) is 3.52. The van der Waals surface area contributed by atoms with E-state index in [9.17, 15) is 18.3 Å². The van der Waals surface area contributed by atoms with Crippen LogP contribution < -0.4 is 5.73 Å². The van der Waals surface area contributed by atoms with Gasteiger partial charge in [-0.1, -0.05) is 12.8 Å². The fourth-order valence-corrected chi connectivity index (χ4v) is 2.57. The van der Waals surface area contributed by atoms with Gasteiger partial charge in [0.15, 0.2) is 0 Å². The van der Waals surface area contributed by atoms with E-state index in [0.717, 1.165) is 43.9 Å². The summed E-state index contributed by atoms with van der Waals surface area (Å²) in [5.74, 6) is 0.0155. The van der Waals surface area contributed by atoms with Crippen LogP contribution >= 0.6 is 0 Å². The summed E-state index contributed by atoms with van der Waals surface area (Å²) < 4.78 is 37.9. The van der Waals surface area contributed by atoms with Crippen molar-refractivity contribution in [2.45, 2.75) is 37.9 Å². The van der Waals surface area contributed by atoms with Crippen LogP contribution in [0.25, 0.3) is 0 Å². The van der Waals surface area contributed by atoms with Crippen molar-refractivity contribution in [1.29, 1.82) is 0 Å². The third-order valence-corrected chi connectivity index (χ3v) is 3.62. The summed E-state index contributed by atoms with van der Waals surface area (Å²) >= 11 is 0. The maximum Gasteiger partial charge on any atom is 0.416 e. The van der Waals surface area contributed by atoms with E-state index >= 15 is 0 Å². The molecule has 0 unspecified atom stereocenters.